The molecule has 1 rings (SSSR count). The number of hydrogen-bond donors (Lipinski definition) is 3. The standard InChI is InChI=1S/C15H21FN2O3/c1-3-10(2)14(15(20)21)18-9-13(19)17-8-11-6-4-5-7-12(11)16/h4-7,10,14,18H,3,8-9H2,1-2H3,(H,17,19)(H,20,21)/t10-,14-/m0/s1. The van der Waals surface area contributed by atoms with Gasteiger partial charge in [0, 0.05) is 12.1 Å². The van der Waals surface area contributed by atoms with Crippen molar-refractivity contribution in [3.63, 3.8) is 0 Å². The molecule has 2 atom stereocenters. The van der Waals surface area contributed by atoms with E-state index in [9.17, 15) is 14.0 Å². The Hall–Kier alpha value is -1.95. The smallest absolute Gasteiger partial charge is 0.320 e. The lowest BCUT2D eigenvalue weighted by Crippen LogP contribution is -2.46. The molecule has 0 aliphatic rings. The van der Waals surface area contributed by atoms with Gasteiger partial charge in [0.25, 0.3) is 0 Å². The number of benzene rings is 1. The fraction of sp³-hybridized carbons (Fsp3) is 0.467. The molecule has 0 aliphatic carbocycles. The molecule has 0 spiro atoms. The van der Waals surface area contributed by atoms with Gasteiger partial charge < -0.3 is 10.4 Å². The predicted octanol–water partition coefficient (Wildman–Crippen LogP) is 1.53. The molecule has 0 bridgehead atoms. The topological polar surface area (TPSA) is 78.4 Å². The number of amides is 1. The molecule has 6 heteroatoms. The molecule has 3 N–H and O–H groups in total. The molecule has 21 heavy (non-hydrogen) atoms. The zero-order valence-corrected chi connectivity index (χ0v) is 12.2. The summed E-state index contributed by atoms with van der Waals surface area (Å²) in [7, 11) is 0. The van der Waals surface area contributed by atoms with E-state index in [1.165, 1.54) is 6.07 Å². The maximum Gasteiger partial charge on any atom is 0.320 e. The normalized spacial score (nSPS) is 13.5. The number of rotatable bonds is 8. The minimum atomic E-state index is -0.980. The van der Waals surface area contributed by atoms with E-state index in [0.29, 0.717) is 12.0 Å². The molecule has 5 nitrogen and oxygen atoms in total. The van der Waals surface area contributed by atoms with Gasteiger partial charge in [0.1, 0.15) is 11.9 Å². The molecule has 1 aromatic rings. The van der Waals surface area contributed by atoms with Crippen LogP contribution in [0, 0.1) is 11.7 Å². The van der Waals surface area contributed by atoms with Crippen LogP contribution in [0.3, 0.4) is 0 Å². The summed E-state index contributed by atoms with van der Waals surface area (Å²) in [5.74, 6) is -1.81. The highest BCUT2D eigenvalue weighted by Gasteiger charge is 2.23. The highest BCUT2D eigenvalue weighted by Crippen LogP contribution is 2.08. The summed E-state index contributed by atoms with van der Waals surface area (Å²) < 4.78 is 13.4. The minimum absolute atomic E-state index is 0.0776. The molecular weight excluding hydrogens is 275 g/mol. The SMILES string of the molecule is CC[C@H](C)[C@H](NCC(=O)NCc1ccccc1F)C(=O)O. The van der Waals surface area contributed by atoms with Crippen molar-refractivity contribution >= 4 is 11.9 Å². The third kappa shape index (κ3) is 5.51. The van der Waals surface area contributed by atoms with Crippen molar-refractivity contribution in [2.24, 2.45) is 5.92 Å². The van der Waals surface area contributed by atoms with E-state index in [-0.39, 0.29) is 30.7 Å². The molecule has 0 aromatic heterocycles. The minimum Gasteiger partial charge on any atom is -0.480 e. The first-order valence-electron chi connectivity index (χ1n) is 6.92. The number of carbonyl (C=O) groups is 2. The second-order valence-electron chi connectivity index (χ2n) is 4.95. The second kappa shape index (κ2) is 8.36. The lowest BCUT2D eigenvalue weighted by Gasteiger charge is -2.19. The van der Waals surface area contributed by atoms with Crippen LogP contribution in [0.4, 0.5) is 4.39 Å². The molecule has 0 fully saturated rings. The number of halogens is 1. The van der Waals surface area contributed by atoms with Crippen molar-refractivity contribution < 1.29 is 19.1 Å². The van der Waals surface area contributed by atoms with E-state index >= 15 is 0 Å². The van der Waals surface area contributed by atoms with Gasteiger partial charge in [-0.15, -0.1) is 0 Å². The average molecular weight is 296 g/mol. The van der Waals surface area contributed by atoms with Crippen molar-refractivity contribution in [1.82, 2.24) is 10.6 Å². The first-order valence-corrected chi connectivity index (χ1v) is 6.92. The Morgan fingerprint density at radius 3 is 2.57 bits per heavy atom. The zero-order chi connectivity index (χ0) is 15.8. The van der Waals surface area contributed by atoms with Gasteiger partial charge in [-0.1, -0.05) is 38.5 Å². The van der Waals surface area contributed by atoms with Crippen LogP contribution in [-0.4, -0.2) is 29.6 Å². The number of hydrogen-bond acceptors (Lipinski definition) is 3. The third-order valence-electron chi connectivity index (χ3n) is 3.40. The van der Waals surface area contributed by atoms with E-state index in [2.05, 4.69) is 10.6 Å². The van der Waals surface area contributed by atoms with Gasteiger partial charge in [-0.05, 0) is 12.0 Å². The highest BCUT2D eigenvalue weighted by atomic mass is 19.1. The molecule has 116 valence electrons. The number of carboxylic acid groups (broad SMARTS) is 1. The van der Waals surface area contributed by atoms with E-state index < -0.39 is 12.0 Å². The van der Waals surface area contributed by atoms with Gasteiger partial charge >= 0.3 is 5.97 Å². The maximum atomic E-state index is 13.4. The molecule has 0 aliphatic heterocycles. The maximum absolute atomic E-state index is 13.4. The van der Waals surface area contributed by atoms with Gasteiger partial charge in [-0.2, -0.15) is 0 Å². The van der Waals surface area contributed by atoms with Crippen molar-refractivity contribution in [2.45, 2.75) is 32.9 Å². The van der Waals surface area contributed by atoms with Crippen molar-refractivity contribution in [1.29, 1.82) is 0 Å². The monoisotopic (exact) mass is 296 g/mol. The molecule has 0 heterocycles. The summed E-state index contributed by atoms with van der Waals surface area (Å²) in [6.07, 6.45) is 0.695. The molecule has 0 unspecified atom stereocenters. The quantitative estimate of drug-likeness (QED) is 0.680. The number of aliphatic carboxylic acids is 1. The summed E-state index contributed by atoms with van der Waals surface area (Å²) in [6, 6.07) is 5.40. The Balaban J connectivity index is 2.43. The van der Waals surface area contributed by atoms with Gasteiger partial charge in [0.2, 0.25) is 5.91 Å². The summed E-state index contributed by atoms with van der Waals surface area (Å²) in [5.41, 5.74) is 0.391. The van der Waals surface area contributed by atoms with Crippen LogP contribution in [0.2, 0.25) is 0 Å². The van der Waals surface area contributed by atoms with Crippen LogP contribution < -0.4 is 10.6 Å². The van der Waals surface area contributed by atoms with Crippen molar-refractivity contribution in [3.05, 3.63) is 35.6 Å². The lowest BCUT2D eigenvalue weighted by atomic mass is 9.99. The zero-order valence-electron chi connectivity index (χ0n) is 12.2. The number of nitrogens with one attached hydrogen (secondary N) is 2. The Morgan fingerprint density at radius 2 is 2.00 bits per heavy atom. The van der Waals surface area contributed by atoms with Crippen LogP contribution in [0.25, 0.3) is 0 Å². The fourth-order valence-corrected chi connectivity index (χ4v) is 1.87. The Labute approximate surface area is 123 Å². The van der Waals surface area contributed by atoms with Gasteiger partial charge in [0.05, 0.1) is 6.54 Å². The van der Waals surface area contributed by atoms with E-state index in [1.54, 1.807) is 18.2 Å². The Kier molecular flexibility index (Phi) is 6.81. The second-order valence-corrected chi connectivity index (χ2v) is 4.95. The molecule has 0 radical (unpaired) electrons. The van der Waals surface area contributed by atoms with Crippen LogP contribution in [0.5, 0.6) is 0 Å². The van der Waals surface area contributed by atoms with Gasteiger partial charge in [-0.25, -0.2) is 4.39 Å². The molecule has 1 amide bonds. The fourth-order valence-electron chi connectivity index (χ4n) is 1.87. The number of carboxylic acids is 1. The van der Waals surface area contributed by atoms with Gasteiger partial charge in [-0.3, -0.25) is 14.9 Å². The van der Waals surface area contributed by atoms with Crippen LogP contribution in [0.15, 0.2) is 24.3 Å². The first-order chi connectivity index (χ1) is 9.95. The molecular formula is C15H21FN2O3. The lowest BCUT2D eigenvalue weighted by molar-refractivity contribution is -0.140. The van der Waals surface area contributed by atoms with E-state index in [0.717, 1.165) is 0 Å². The largest absolute Gasteiger partial charge is 0.480 e. The van der Waals surface area contributed by atoms with Crippen LogP contribution in [-0.2, 0) is 16.1 Å². The summed E-state index contributed by atoms with van der Waals surface area (Å²) in [5, 5.41) is 14.4. The van der Waals surface area contributed by atoms with Crippen molar-refractivity contribution in [2.75, 3.05) is 6.54 Å². The number of carbonyl (C=O) groups excluding carboxylic acids is 1. The van der Waals surface area contributed by atoms with Crippen molar-refractivity contribution in [3.8, 4) is 0 Å². The molecule has 1 aromatic carbocycles. The van der Waals surface area contributed by atoms with E-state index in [1.807, 2.05) is 13.8 Å². The van der Waals surface area contributed by atoms with E-state index in [4.69, 9.17) is 5.11 Å². The molecule has 0 saturated heterocycles. The third-order valence-corrected chi connectivity index (χ3v) is 3.40. The average Bonchev–Trinajstić information content (AvgIpc) is 2.45. The summed E-state index contributed by atoms with van der Waals surface area (Å²) in [4.78, 5) is 22.8. The summed E-state index contributed by atoms with van der Waals surface area (Å²) >= 11 is 0. The van der Waals surface area contributed by atoms with Gasteiger partial charge in [0.15, 0.2) is 0 Å². The Bertz CT molecular complexity index is 494. The van der Waals surface area contributed by atoms with Crippen LogP contribution in [0.1, 0.15) is 25.8 Å². The summed E-state index contributed by atoms with van der Waals surface area (Å²) in [6.45, 7) is 3.66. The molecule has 0 saturated carbocycles. The predicted molar refractivity (Wildman–Crippen MR) is 77.1 cm³/mol. The first kappa shape index (κ1) is 17.1. The highest BCUT2D eigenvalue weighted by molar-refractivity contribution is 5.80. The van der Waals surface area contributed by atoms with Crippen LogP contribution >= 0.6 is 0 Å². The Morgan fingerprint density at radius 1 is 1.33 bits per heavy atom.